The van der Waals surface area contributed by atoms with E-state index in [4.69, 9.17) is 23.2 Å². The van der Waals surface area contributed by atoms with Crippen LogP contribution in [0.3, 0.4) is 0 Å². The van der Waals surface area contributed by atoms with Gasteiger partial charge in [-0.3, -0.25) is 0 Å². The maximum Gasteiger partial charge on any atom is 0.0805 e. The highest BCUT2D eigenvalue weighted by Crippen LogP contribution is 2.28. The lowest BCUT2D eigenvalue weighted by Gasteiger charge is -2.16. The van der Waals surface area contributed by atoms with Gasteiger partial charge in [-0.05, 0) is 43.5 Å². The second-order valence-electron chi connectivity index (χ2n) is 4.22. The Kier molecular flexibility index (Phi) is 4.09. The van der Waals surface area contributed by atoms with Crippen LogP contribution in [-0.4, -0.2) is 17.7 Å². The number of aliphatic hydroxyl groups excluding tert-OH is 1. The van der Waals surface area contributed by atoms with Crippen LogP contribution < -0.4 is 5.32 Å². The van der Waals surface area contributed by atoms with Crippen LogP contribution in [0.1, 0.15) is 30.9 Å². The Labute approximate surface area is 106 Å². The van der Waals surface area contributed by atoms with Gasteiger partial charge in [0.2, 0.25) is 0 Å². The van der Waals surface area contributed by atoms with Crippen LogP contribution in [0.4, 0.5) is 0 Å². The summed E-state index contributed by atoms with van der Waals surface area (Å²) in [6.45, 7) is 1.05. The van der Waals surface area contributed by atoms with Crippen LogP contribution in [0.15, 0.2) is 18.2 Å². The lowest BCUT2D eigenvalue weighted by Crippen LogP contribution is -2.23. The summed E-state index contributed by atoms with van der Waals surface area (Å²) < 4.78 is 0. The molecule has 0 saturated carbocycles. The SMILES string of the molecule is OC(CC1CCCN1)c1ccc(Cl)c(Cl)c1. The number of hydrogen-bond acceptors (Lipinski definition) is 2. The zero-order chi connectivity index (χ0) is 11.5. The zero-order valence-electron chi connectivity index (χ0n) is 8.92. The van der Waals surface area contributed by atoms with E-state index in [0.717, 1.165) is 24.9 Å². The molecule has 1 heterocycles. The molecular formula is C12H15Cl2NO. The van der Waals surface area contributed by atoms with Crippen molar-refractivity contribution in [1.82, 2.24) is 5.32 Å². The molecule has 1 aromatic carbocycles. The number of hydrogen-bond donors (Lipinski definition) is 2. The van der Waals surface area contributed by atoms with Crippen molar-refractivity contribution in [2.45, 2.75) is 31.4 Å². The summed E-state index contributed by atoms with van der Waals surface area (Å²) in [5, 5.41) is 14.4. The van der Waals surface area contributed by atoms with Crippen LogP contribution in [-0.2, 0) is 0 Å². The zero-order valence-corrected chi connectivity index (χ0v) is 10.4. The maximum atomic E-state index is 10.1. The summed E-state index contributed by atoms with van der Waals surface area (Å²) in [6, 6.07) is 5.71. The quantitative estimate of drug-likeness (QED) is 0.874. The predicted molar refractivity (Wildman–Crippen MR) is 67.1 cm³/mol. The van der Waals surface area contributed by atoms with Gasteiger partial charge in [0, 0.05) is 6.04 Å². The summed E-state index contributed by atoms with van der Waals surface area (Å²) in [5.41, 5.74) is 0.836. The highest BCUT2D eigenvalue weighted by Gasteiger charge is 2.19. The van der Waals surface area contributed by atoms with Gasteiger partial charge in [-0.25, -0.2) is 0 Å². The Morgan fingerprint density at radius 3 is 2.81 bits per heavy atom. The van der Waals surface area contributed by atoms with Crippen molar-refractivity contribution in [3.8, 4) is 0 Å². The van der Waals surface area contributed by atoms with E-state index in [2.05, 4.69) is 5.32 Å². The summed E-state index contributed by atoms with van der Waals surface area (Å²) in [6.07, 6.45) is 2.60. The van der Waals surface area contributed by atoms with E-state index in [1.165, 1.54) is 6.42 Å². The van der Waals surface area contributed by atoms with Crippen molar-refractivity contribution in [3.63, 3.8) is 0 Å². The first-order valence-corrected chi connectivity index (χ1v) is 6.29. The highest BCUT2D eigenvalue weighted by molar-refractivity contribution is 6.42. The third-order valence-corrected chi connectivity index (χ3v) is 3.74. The van der Waals surface area contributed by atoms with E-state index >= 15 is 0 Å². The minimum Gasteiger partial charge on any atom is -0.388 e. The summed E-state index contributed by atoms with van der Waals surface area (Å²) >= 11 is 11.7. The Bertz CT molecular complexity index is 364. The molecule has 0 radical (unpaired) electrons. The monoisotopic (exact) mass is 259 g/mol. The summed E-state index contributed by atoms with van der Waals surface area (Å²) in [7, 11) is 0. The molecule has 1 aliphatic heterocycles. The molecule has 0 amide bonds. The number of rotatable bonds is 3. The van der Waals surface area contributed by atoms with Crippen molar-refractivity contribution in [1.29, 1.82) is 0 Å². The van der Waals surface area contributed by atoms with Crippen molar-refractivity contribution >= 4 is 23.2 Å². The molecule has 2 unspecified atom stereocenters. The van der Waals surface area contributed by atoms with Gasteiger partial charge in [0.05, 0.1) is 16.1 Å². The second-order valence-corrected chi connectivity index (χ2v) is 5.03. The third kappa shape index (κ3) is 2.89. The molecule has 1 aliphatic rings. The smallest absolute Gasteiger partial charge is 0.0805 e. The summed E-state index contributed by atoms with van der Waals surface area (Å²) in [5.74, 6) is 0. The van der Waals surface area contributed by atoms with E-state index < -0.39 is 6.10 Å². The first kappa shape index (κ1) is 12.2. The minimum atomic E-state index is -0.467. The lowest BCUT2D eigenvalue weighted by molar-refractivity contribution is 0.154. The maximum absolute atomic E-state index is 10.1. The second kappa shape index (κ2) is 5.37. The van der Waals surface area contributed by atoms with Gasteiger partial charge in [0.1, 0.15) is 0 Å². The molecule has 88 valence electrons. The fourth-order valence-corrected chi connectivity index (χ4v) is 2.39. The van der Waals surface area contributed by atoms with Crippen LogP contribution >= 0.6 is 23.2 Å². The molecular weight excluding hydrogens is 245 g/mol. The molecule has 0 aromatic heterocycles. The summed E-state index contributed by atoms with van der Waals surface area (Å²) in [4.78, 5) is 0. The Morgan fingerprint density at radius 2 is 2.19 bits per heavy atom. The fourth-order valence-electron chi connectivity index (χ4n) is 2.08. The van der Waals surface area contributed by atoms with Gasteiger partial charge in [0.25, 0.3) is 0 Å². The predicted octanol–water partition coefficient (Wildman–Crippen LogP) is 3.17. The molecule has 4 heteroatoms. The van der Waals surface area contributed by atoms with Crippen LogP contribution in [0.5, 0.6) is 0 Å². The van der Waals surface area contributed by atoms with Crippen LogP contribution in [0.25, 0.3) is 0 Å². The number of aliphatic hydroxyl groups is 1. The largest absolute Gasteiger partial charge is 0.388 e. The first-order chi connectivity index (χ1) is 7.66. The van der Waals surface area contributed by atoms with Crippen molar-refractivity contribution in [2.24, 2.45) is 0 Å². The molecule has 2 N–H and O–H groups in total. The normalized spacial score (nSPS) is 22.3. The first-order valence-electron chi connectivity index (χ1n) is 5.53. The Morgan fingerprint density at radius 1 is 1.38 bits per heavy atom. The minimum absolute atomic E-state index is 0.421. The van der Waals surface area contributed by atoms with Gasteiger partial charge in [-0.2, -0.15) is 0 Å². The highest BCUT2D eigenvalue weighted by atomic mass is 35.5. The van der Waals surface area contributed by atoms with E-state index in [1.54, 1.807) is 12.1 Å². The van der Waals surface area contributed by atoms with E-state index in [-0.39, 0.29) is 0 Å². The van der Waals surface area contributed by atoms with E-state index in [1.807, 2.05) is 6.07 Å². The van der Waals surface area contributed by atoms with E-state index in [9.17, 15) is 5.11 Å². The third-order valence-electron chi connectivity index (χ3n) is 3.00. The number of halogens is 2. The van der Waals surface area contributed by atoms with Crippen LogP contribution in [0.2, 0.25) is 10.0 Å². The topological polar surface area (TPSA) is 32.3 Å². The Hall–Kier alpha value is -0.280. The Balaban J connectivity index is 2.02. The number of benzene rings is 1. The van der Waals surface area contributed by atoms with Gasteiger partial charge >= 0.3 is 0 Å². The molecule has 0 aliphatic carbocycles. The van der Waals surface area contributed by atoms with E-state index in [0.29, 0.717) is 16.1 Å². The van der Waals surface area contributed by atoms with Crippen molar-refractivity contribution in [3.05, 3.63) is 33.8 Å². The number of nitrogens with one attached hydrogen (secondary N) is 1. The van der Waals surface area contributed by atoms with Crippen molar-refractivity contribution in [2.75, 3.05) is 6.54 Å². The van der Waals surface area contributed by atoms with Gasteiger partial charge in [-0.1, -0.05) is 29.3 Å². The van der Waals surface area contributed by atoms with Gasteiger partial charge in [0.15, 0.2) is 0 Å². The molecule has 16 heavy (non-hydrogen) atoms. The van der Waals surface area contributed by atoms with Gasteiger partial charge in [-0.15, -0.1) is 0 Å². The molecule has 0 spiro atoms. The molecule has 1 aromatic rings. The standard InChI is InChI=1S/C12H15Cl2NO/c13-10-4-3-8(6-11(10)14)12(16)7-9-2-1-5-15-9/h3-4,6,9,12,15-16H,1-2,5,7H2. The average Bonchev–Trinajstić information content (AvgIpc) is 2.74. The lowest BCUT2D eigenvalue weighted by atomic mass is 10.0. The average molecular weight is 260 g/mol. The van der Waals surface area contributed by atoms with Crippen molar-refractivity contribution < 1.29 is 5.11 Å². The fraction of sp³-hybridized carbons (Fsp3) is 0.500. The molecule has 2 nitrogen and oxygen atoms in total. The molecule has 1 fully saturated rings. The molecule has 1 saturated heterocycles. The van der Waals surface area contributed by atoms with Gasteiger partial charge < -0.3 is 10.4 Å². The molecule has 2 atom stereocenters. The molecule has 2 rings (SSSR count). The van der Waals surface area contributed by atoms with Crippen LogP contribution in [0, 0.1) is 0 Å². The molecule has 0 bridgehead atoms.